The normalized spacial score (nSPS) is 15.9. The van der Waals surface area contributed by atoms with Crippen molar-refractivity contribution in [1.29, 1.82) is 0 Å². The smallest absolute Gasteiger partial charge is 0.246 e. The van der Waals surface area contributed by atoms with E-state index in [1.165, 1.54) is 4.90 Å². The molecule has 67 heavy (non-hydrogen) atoms. The largest absolute Gasteiger partial charge is 0.491 e. The maximum absolute atomic E-state index is 13.9. The van der Waals surface area contributed by atoms with Gasteiger partial charge in [0.25, 0.3) is 0 Å². The van der Waals surface area contributed by atoms with Crippen LogP contribution in [0.3, 0.4) is 0 Å². The molecule has 17 heteroatoms. The second-order valence-electron chi connectivity index (χ2n) is 17.8. The summed E-state index contributed by atoms with van der Waals surface area (Å²) in [6.07, 6.45) is -1.60. The van der Waals surface area contributed by atoms with Crippen LogP contribution in [0.25, 0.3) is 32.6 Å². The molecule has 0 saturated carbocycles. The molecule has 0 spiro atoms. The number of likely N-dealkylation sites (tertiary alicyclic amines) is 1. The van der Waals surface area contributed by atoms with E-state index in [4.69, 9.17) is 28.7 Å². The molecule has 3 heterocycles. The van der Waals surface area contributed by atoms with Gasteiger partial charge in [-0.15, -0.1) is 11.3 Å². The molecule has 0 radical (unpaired) electrons. The number of hydrogen-bond donors (Lipinski definition) is 4. The lowest BCUT2D eigenvalue weighted by Crippen LogP contribution is -2.58. The number of pyridine rings is 1. The molecule has 360 valence electrons. The molecule has 4 N–H and O–H groups in total. The van der Waals surface area contributed by atoms with Crippen molar-refractivity contribution in [3.63, 3.8) is 0 Å². The van der Waals surface area contributed by atoms with Gasteiger partial charge in [0.1, 0.15) is 37.2 Å². The molecule has 2 unspecified atom stereocenters. The summed E-state index contributed by atoms with van der Waals surface area (Å²) >= 11 is 1.57. The number of carbonyl (C=O) groups is 3. The highest BCUT2D eigenvalue weighted by atomic mass is 32.1. The lowest BCUT2D eigenvalue weighted by atomic mass is 9.85. The van der Waals surface area contributed by atoms with Gasteiger partial charge >= 0.3 is 0 Å². The van der Waals surface area contributed by atoms with Gasteiger partial charge in [-0.3, -0.25) is 14.4 Å². The van der Waals surface area contributed by atoms with Crippen LogP contribution in [0.1, 0.15) is 38.4 Å². The molecule has 0 aliphatic carbocycles. The summed E-state index contributed by atoms with van der Waals surface area (Å²) in [6.45, 7) is 9.11. The highest BCUT2D eigenvalue weighted by Crippen LogP contribution is 2.29. The maximum Gasteiger partial charge on any atom is 0.246 e. The van der Waals surface area contributed by atoms with Crippen molar-refractivity contribution in [1.82, 2.24) is 25.5 Å². The standard InChI is InChI=1S/C50H64N6O10S/c1-33-46(67-32-52-33)36-9-7-34(8-10-36)27-51-48(60)44-26-39(57)28-56(44)49(61)47(50(2,3)4)54-45(59)31-65-24-22-63-20-19-62-21-23-64-29-40(58)30-66-41-16-18-43-37(25-41)13-17-42(53-43)35-11-14-38(15-12-35)55(5)6/h7-18,25,32,39-40,44,47,57-58H,19-24,26-31H2,1-6H3,(H,51,60)(H,54,59)/t39-,40?,44?,47-/m1/s1. The van der Waals surface area contributed by atoms with E-state index in [-0.39, 0.29) is 65.1 Å². The SMILES string of the molecule is Cc1ncsc1-c1ccc(CNC(=O)C2C[C@@H](O)CN2C(=O)[C@@H](NC(=O)COCCOCCOCCOCC(O)COc2ccc3nc(-c4ccc(N(C)C)cc4)ccc3c2)C(C)(C)C)cc1. The Morgan fingerprint density at radius 2 is 1.54 bits per heavy atom. The summed E-state index contributed by atoms with van der Waals surface area (Å²) in [4.78, 5) is 53.9. The number of anilines is 1. The molecule has 3 amide bonds. The van der Waals surface area contributed by atoms with Crippen LogP contribution >= 0.6 is 11.3 Å². The number of aliphatic hydroxyl groups excluding tert-OH is 2. The third-order valence-corrected chi connectivity index (χ3v) is 12.1. The zero-order chi connectivity index (χ0) is 47.9. The second kappa shape index (κ2) is 24.5. The van der Waals surface area contributed by atoms with E-state index in [0.29, 0.717) is 25.6 Å². The summed E-state index contributed by atoms with van der Waals surface area (Å²) in [5, 5.41) is 27.5. The van der Waals surface area contributed by atoms with Gasteiger partial charge in [0.15, 0.2) is 0 Å². The van der Waals surface area contributed by atoms with Crippen LogP contribution < -0.4 is 20.3 Å². The Hall–Kier alpha value is -5.53. The number of hydrogen-bond acceptors (Lipinski definition) is 14. The summed E-state index contributed by atoms with van der Waals surface area (Å²) in [5.74, 6) is -0.689. The maximum atomic E-state index is 13.9. The van der Waals surface area contributed by atoms with Crippen LogP contribution in [0.15, 0.2) is 84.4 Å². The molecule has 16 nitrogen and oxygen atoms in total. The Balaban J connectivity index is 0.804. The van der Waals surface area contributed by atoms with Gasteiger partial charge in [-0.05, 0) is 59.9 Å². The number of amides is 3. The molecule has 4 atom stereocenters. The zero-order valence-corrected chi connectivity index (χ0v) is 40.1. The Kier molecular flexibility index (Phi) is 18.6. The van der Waals surface area contributed by atoms with Crippen molar-refractivity contribution in [3.05, 3.63) is 95.6 Å². The molecule has 1 saturated heterocycles. The van der Waals surface area contributed by atoms with Gasteiger partial charge in [-0.25, -0.2) is 9.97 Å². The minimum absolute atomic E-state index is 0.0203. The summed E-state index contributed by atoms with van der Waals surface area (Å²) in [5.41, 5.74) is 7.91. The third-order valence-electron chi connectivity index (χ3n) is 11.2. The average molecular weight is 941 g/mol. The molecule has 6 rings (SSSR count). The predicted octanol–water partition coefficient (Wildman–Crippen LogP) is 5.01. The lowest BCUT2D eigenvalue weighted by Gasteiger charge is -2.35. The number of aliphatic hydroxyl groups is 2. The third kappa shape index (κ3) is 15.0. The first kappa shape index (κ1) is 50.9. The number of rotatable bonds is 24. The number of nitrogens with one attached hydrogen (secondary N) is 2. The Bertz CT molecular complexity index is 2370. The molecule has 1 aliphatic heterocycles. The predicted molar refractivity (Wildman–Crippen MR) is 258 cm³/mol. The van der Waals surface area contributed by atoms with Crippen molar-refractivity contribution in [3.8, 4) is 27.4 Å². The van der Waals surface area contributed by atoms with E-state index in [9.17, 15) is 24.6 Å². The van der Waals surface area contributed by atoms with Gasteiger partial charge in [0.05, 0.1) is 79.6 Å². The average Bonchev–Trinajstić information content (AvgIpc) is 3.93. The highest BCUT2D eigenvalue weighted by Gasteiger charge is 2.44. The number of aryl methyl sites for hydroxylation is 1. The van der Waals surface area contributed by atoms with Crippen LogP contribution in [0.2, 0.25) is 0 Å². The zero-order valence-electron chi connectivity index (χ0n) is 39.2. The van der Waals surface area contributed by atoms with E-state index in [0.717, 1.165) is 49.5 Å². The van der Waals surface area contributed by atoms with Crippen molar-refractivity contribution in [2.45, 2.75) is 65.0 Å². The minimum Gasteiger partial charge on any atom is -0.491 e. The molecule has 1 aliphatic rings. The van der Waals surface area contributed by atoms with Crippen LogP contribution in [-0.2, 0) is 39.9 Å². The summed E-state index contributed by atoms with van der Waals surface area (Å²) < 4.78 is 28.0. The molecular formula is C50H64N6O10S. The highest BCUT2D eigenvalue weighted by molar-refractivity contribution is 7.13. The molecule has 3 aromatic carbocycles. The van der Waals surface area contributed by atoms with Gasteiger partial charge in [0, 0.05) is 50.2 Å². The Morgan fingerprint density at radius 3 is 2.19 bits per heavy atom. The van der Waals surface area contributed by atoms with Crippen LogP contribution in [-0.4, -0.2) is 147 Å². The topological polar surface area (TPSA) is 194 Å². The number of β-amino-alcohol motifs (C(OH)–C–C–N with tert-alkyl or cyclic N) is 1. The monoisotopic (exact) mass is 940 g/mol. The quantitative estimate of drug-likeness (QED) is 0.0604. The van der Waals surface area contributed by atoms with Crippen molar-refractivity contribution >= 4 is 45.6 Å². The number of nitrogens with zero attached hydrogens (tertiary/aromatic N) is 4. The Morgan fingerprint density at radius 1 is 0.866 bits per heavy atom. The number of ether oxygens (including phenoxy) is 5. The number of carbonyl (C=O) groups excluding carboxylic acids is 3. The van der Waals surface area contributed by atoms with Crippen molar-refractivity contribution < 1.29 is 48.3 Å². The van der Waals surface area contributed by atoms with Crippen LogP contribution in [0.5, 0.6) is 5.75 Å². The number of fused-ring (bicyclic) bond motifs is 1. The van der Waals surface area contributed by atoms with Crippen LogP contribution in [0, 0.1) is 12.3 Å². The van der Waals surface area contributed by atoms with E-state index in [1.807, 2.05) is 102 Å². The molecule has 2 aromatic heterocycles. The summed E-state index contributed by atoms with van der Waals surface area (Å²) in [6, 6.07) is 23.9. The van der Waals surface area contributed by atoms with E-state index in [2.05, 4.69) is 44.8 Å². The molecule has 0 bridgehead atoms. The lowest BCUT2D eigenvalue weighted by molar-refractivity contribution is -0.144. The van der Waals surface area contributed by atoms with Gasteiger partial charge in [-0.2, -0.15) is 0 Å². The number of aromatic nitrogens is 2. The molecule has 1 fully saturated rings. The van der Waals surface area contributed by atoms with Crippen molar-refractivity contribution in [2.75, 3.05) is 85.0 Å². The first-order valence-electron chi connectivity index (χ1n) is 22.5. The van der Waals surface area contributed by atoms with Gasteiger partial charge in [-0.1, -0.05) is 63.2 Å². The van der Waals surface area contributed by atoms with Gasteiger partial charge in [0.2, 0.25) is 17.7 Å². The minimum atomic E-state index is -0.970. The first-order valence-corrected chi connectivity index (χ1v) is 23.4. The first-order chi connectivity index (χ1) is 32.2. The fraction of sp³-hybridized carbons (Fsp3) is 0.460. The van der Waals surface area contributed by atoms with E-state index < -0.39 is 41.5 Å². The summed E-state index contributed by atoms with van der Waals surface area (Å²) in [7, 11) is 4.02. The fourth-order valence-corrected chi connectivity index (χ4v) is 8.26. The van der Waals surface area contributed by atoms with Gasteiger partial charge < -0.3 is 54.3 Å². The second-order valence-corrected chi connectivity index (χ2v) is 18.6. The number of benzene rings is 3. The Labute approximate surface area is 396 Å². The van der Waals surface area contributed by atoms with E-state index >= 15 is 0 Å². The fourth-order valence-electron chi connectivity index (χ4n) is 7.45. The molecule has 5 aromatic rings. The van der Waals surface area contributed by atoms with Crippen molar-refractivity contribution in [2.24, 2.45) is 5.41 Å². The molecular weight excluding hydrogens is 877 g/mol. The number of thiazole rings is 1. The van der Waals surface area contributed by atoms with E-state index in [1.54, 1.807) is 11.3 Å². The van der Waals surface area contributed by atoms with Crippen LogP contribution in [0.4, 0.5) is 5.69 Å².